The topological polar surface area (TPSA) is 93.1 Å². The molecular formula is C33H54O6. The highest BCUT2D eigenvalue weighted by atomic mass is 16.6. The zero-order valence-electron chi connectivity index (χ0n) is 24.5. The number of hydrogen-bond donors (Lipinski definition) is 2. The molecule has 0 aromatic heterocycles. The SMILES string of the molecule is CC/C=C\C/C=C\CC(O)/C=C/C=C\C/C=C\CCCC(=O)OC[C@H](CO)OC(=O)CCCCCCCCC. The molecule has 0 heterocycles. The summed E-state index contributed by atoms with van der Waals surface area (Å²) in [6.07, 6.45) is 31.8. The molecule has 2 atom stereocenters. The second-order valence-corrected chi connectivity index (χ2v) is 9.65. The van der Waals surface area contributed by atoms with E-state index < -0.39 is 12.2 Å². The summed E-state index contributed by atoms with van der Waals surface area (Å²) in [5.41, 5.74) is 0. The molecule has 6 heteroatoms. The zero-order chi connectivity index (χ0) is 28.8. The van der Waals surface area contributed by atoms with Crippen LogP contribution in [-0.4, -0.2) is 47.6 Å². The monoisotopic (exact) mass is 546 g/mol. The lowest BCUT2D eigenvalue weighted by Gasteiger charge is -2.15. The first-order valence-corrected chi connectivity index (χ1v) is 15.0. The van der Waals surface area contributed by atoms with Crippen LogP contribution in [0.25, 0.3) is 0 Å². The molecule has 39 heavy (non-hydrogen) atoms. The maximum atomic E-state index is 11.9. The lowest BCUT2D eigenvalue weighted by molar-refractivity contribution is -0.161. The van der Waals surface area contributed by atoms with E-state index in [-0.39, 0.29) is 31.6 Å². The highest BCUT2D eigenvalue weighted by molar-refractivity contribution is 5.70. The smallest absolute Gasteiger partial charge is 0.306 e. The molecular weight excluding hydrogens is 492 g/mol. The summed E-state index contributed by atoms with van der Waals surface area (Å²) < 4.78 is 10.4. The van der Waals surface area contributed by atoms with E-state index in [0.29, 0.717) is 19.3 Å². The Kier molecular flexibility index (Phi) is 26.8. The minimum absolute atomic E-state index is 0.118. The molecule has 1 unspecified atom stereocenters. The van der Waals surface area contributed by atoms with Gasteiger partial charge in [0.05, 0.1) is 12.7 Å². The molecule has 0 aromatic rings. The van der Waals surface area contributed by atoms with Gasteiger partial charge in [-0.2, -0.15) is 0 Å². The van der Waals surface area contributed by atoms with Crippen molar-refractivity contribution in [3.05, 3.63) is 60.8 Å². The van der Waals surface area contributed by atoms with Crippen LogP contribution in [0.4, 0.5) is 0 Å². The fourth-order valence-corrected chi connectivity index (χ4v) is 3.61. The van der Waals surface area contributed by atoms with Crippen molar-refractivity contribution < 1.29 is 29.3 Å². The van der Waals surface area contributed by atoms with Gasteiger partial charge < -0.3 is 19.7 Å². The highest BCUT2D eigenvalue weighted by Gasteiger charge is 2.15. The average molecular weight is 547 g/mol. The first-order chi connectivity index (χ1) is 19.0. The number of aliphatic hydroxyl groups excluding tert-OH is 2. The highest BCUT2D eigenvalue weighted by Crippen LogP contribution is 2.10. The van der Waals surface area contributed by atoms with Gasteiger partial charge in [-0.15, -0.1) is 0 Å². The Balaban J connectivity index is 3.85. The number of hydrogen-bond acceptors (Lipinski definition) is 6. The van der Waals surface area contributed by atoms with E-state index in [1.807, 2.05) is 36.5 Å². The van der Waals surface area contributed by atoms with Crippen molar-refractivity contribution in [1.82, 2.24) is 0 Å². The predicted molar refractivity (Wildman–Crippen MR) is 160 cm³/mol. The number of esters is 2. The molecule has 222 valence electrons. The van der Waals surface area contributed by atoms with Crippen LogP contribution >= 0.6 is 0 Å². The van der Waals surface area contributed by atoms with Gasteiger partial charge in [-0.05, 0) is 44.9 Å². The van der Waals surface area contributed by atoms with Crippen molar-refractivity contribution in [2.75, 3.05) is 13.2 Å². The molecule has 0 amide bonds. The quantitative estimate of drug-likeness (QED) is 0.0534. The van der Waals surface area contributed by atoms with E-state index in [9.17, 15) is 19.8 Å². The van der Waals surface area contributed by atoms with Crippen molar-refractivity contribution in [1.29, 1.82) is 0 Å². The number of carbonyl (C=O) groups excluding carboxylic acids is 2. The van der Waals surface area contributed by atoms with E-state index in [2.05, 4.69) is 32.1 Å². The van der Waals surface area contributed by atoms with E-state index in [0.717, 1.165) is 44.9 Å². The molecule has 2 N–H and O–H groups in total. The number of aliphatic hydroxyl groups is 2. The standard InChI is InChI=1S/C33H54O6/c1-3-5-7-9-13-19-23-27-33(37)39-31(28-34)29-38-32(36)26-22-18-15-12-11-14-17-21-25-30(35)24-20-16-10-8-6-4-2/h6,8,12,14-17,20-21,25,30-31,34-35H,3-5,7,9-11,13,18-19,22-24,26-29H2,1-2H3/b8-6-,15-12-,17-14-,20-16-,25-21+/t30?,31-/m0/s1. The van der Waals surface area contributed by atoms with Crippen molar-refractivity contribution in [3.8, 4) is 0 Å². The van der Waals surface area contributed by atoms with Crippen LogP contribution in [0.2, 0.25) is 0 Å². The molecule has 0 aliphatic rings. The van der Waals surface area contributed by atoms with Crippen LogP contribution < -0.4 is 0 Å². The lowest BCUT2D eigenvalue weighted by Crippen LogP contribution is -2.28. The van der Waals surface area contributed by atoms with Crippen molar-refractivity contribution in [2.24, 2.45) is 0 Å². The Hall–Kier alpha value is -2.44. The van der Waals surface area contributed by atoms with Gasteiger partial charge >= 0.3 is 11.9 Å². The van der Waals surface area contributed by atoms with Crippen LogP contribution in [0.1, 0.15) is 110 Å². The molecule has 0 fully saturated rings. The summed E-state index contributed by atoms with van der Waals surface area (Å²) in [6, 6.07) is 0. The Labute approximate surface area is 237 Å². The fourth-order valence-electron chi connectivity index (χ4n) is 3.61. The first-order valence-electron chi connectivity index (χ1n) is 15.0. The van der Waals surface area contributed by atoms with Gasteiger partial charge in [-0.25, -0.2) is 0 Å². The minimum Gasteiger partial charge on any atom is -0.462 e. The van der Waals surface area contributed by atoms with Crippen molar-refractivity contribution in [3.63, 3.8) is 0 Å². The van der Waals surface area contributed by atoms with Crippen LogP contribution in [0.15, 0.2) is 60.8 Å². The Morgan fingerprint density at radius 1 is 0.744 bits per heavy atom. The van der Waals surface area contributed by atoms with E-state index in [1.165, 1.54) is 25.7 Å². The second-order valence-electron chi connectivity index (χ2n) is 9.65. The maximum absolute atomic E-state index is 11.9. The second kappa shape index (κ2) is 28.6. The van der Waals surface area contributed by atoms with Crippen LogP contribution in [-0.2, 0) is 19.1 Å². The summed E-state index contributed by atoms with van der Waals surface area (Å²) in [5, 5.41) is 19.3. The molecule has 0 aliphatic carbocycles. The molecule has 0 rings (SSSR count). The molecule has 0 aliphatic heterocycles. The number of allylic oxidation sites excluding steroid dienone is 8. The zero-order valence-corrected chi connectivity index (χ0v) is 24.5. The fraction of sp³-hybridized carbons (Fsp3) is 0.636. The van der Waals surface area contributed by atoms with Gasteiger partial charge in [0.25, 0.3) is 0 Å². The van der Waals surface area contributed by atoms with E-state index in [4.69, 9.17) is 9.47 Å². The molecule has 6 nitrogen and oxygen atoms in total. The van der Waals surface area contributed by atoms with Crippen LogP contribution in [0.5, 0.6) is 0 Å². The van der Waals surface area contributed by atoms with Gasteiger partial charge in [0.15, 0.2) is 6.10 Å². The molecule has 0 saturated carbocycles. The van der Waals surface area contributed by atoms with Crippen molar-refractivity contribution in [2.45, 2.75) is 122 Å². The lowest BCUT2D eigenvalue weighted by atomic mass is 10.1. The molecule has 0 bridgehead atoms. The Bertz CT molecular complexity index is 734. The largest absolute Gasteiger partial charge is 0.462 e. The third-order valence-electron chi connectivity index (χ3n) is 5.91. The third kappa shape index (κ3) is 26.9. The van der Waals surface area contributed by atoms with Crippen LogP contribution in [0.3, 0.4) is 0 Å². The number of unbranched alkanes of at least 4 members (excludes halogenated alkanes) is 7. The number of carbonyl (C=O) groups is 2. The van der Waals surface area contributed by atoms with Gasteiger partial charge in [-0.3, -0.25) is 9.59 Å². The normalized spacial score (nSPS) is 13.8. The minimum atomic E-state index is -0.808. The first kappa shape index (κ1) is 36.6. The number of ether oxygens (including phenoxy) is 2. The van der Waals surface area contributed by atoms with Gasteiger partial charge in [0.1, 0.15) is 6.61 Å². The Morgan fingerprint density at radius 2 is 1.41 bits per heavy atom. The van der Waals surface area contributed by atoms with E-state index >= 15 is 0 Å². The van der Waals surface area contributed by atoms with E-state index in [1.54, 1.807) is 6.08 Å². The molecule has 0 spiro atoms. The summed E-state index contributed by atoms with van der Waals surface area (Å²) in [4.78, 5) is 23.9. The average Bonchev–Trinajstić information content (AvgIpc) is 2.93. The summed E-state index contributed by atoms with van der Waals surface area (Å²) >= 11 is 0. The van der Waals surface area contributed by atoms with Gasteiger partial charge in [0, 0.05) is 12.8 Å². The van der Waals surface area contributed by atoms with Gasteiger partial charge in [-0.1, -0.05) is 113 Å². The number of rotatable bonds is 25. The summed E-state index contributed by atoms with van der Waals surface area (Å²) in [7, 11) is 0. The molecule has 0 aromatic carbocycles. The van der Waals surface area contributed by atoms with Gasteiger partial charge in [0.2, 0.25) is 0 Å². The van der Waals surface area contributed by atoms with Crippen LogP contribution in [0, 0.1) is 0 Å². The maximum Gasteiger partial charge on any atom is 0.306 e. The third-order valence-corrected chi connectivity index (χ3v) is 5.91. The summed E-state index contributed by atoms with van der Waals surface area (Å²) in [5.74, 6) is -0.714. The van der Waals surface area contributed by atoms with Crippen molar-refractivity contribution >= 4 is 11.9 Å². The Morgan fingerprint density at radius 3 is 2.15 bits per heavy atom. The predicted octanol–water partition coefficient (Wildman–Crippen LogP) is 7.47. The summed E-state index contributed by atoms with van der Waals surface area (Å²) in [6.45, 7) is 3.81. The molecule has 0 saturated heterocycles. The molecule has 0 radical (unpaired) electrons.